The summed E-state index contributed by atoms with van der Waals surface area (Å²) < 4.78 is 44.7. The molecule has 4 nitrogen and oxygen atoms in total. The minimum Gasteiger partial charge on any atom is -0.487 e. The Kier molecular flexibility index (Phi) is 6.38. The van der Waals surface area contributed by atoms with E-state index in [1.165, 1.54) is 41.4 Å². The fourth-order valence-electron chi connectivity index (χ4n) is 3.02. The van der Waals surface area contributed by atoms with Crippen LogP contribution in [0.4, 0.5) is 24.0 Å². The molecule has 1 aromatic heterocycles. The predicted molar refractivity (Wildman–Crippen MR) is 112 cm³/mol. The highest BCUT2D eigenvalue weighted by molar-refractivity contribution is 7.14. The molecule has 0 saturated heterocycles. The topological polar surface area (TPSA) is 42.4 Å². The molecule has 3 rings (SSSR count). The third kappa shape index (κ3) is 4.76. The van der Waals surface area contributed by atoms with Gasteiger partial charge in [-0.05, 0) is 43.2 Å². The Labute approximate surface area is 180 Å². The first kappa shape index (κ1) is 22.1. The molecule has 0 N–H and O–H groups in total. The molecule has 0 radical (unpaired) electrons. The highest BCUT2D eigenvalue weighted by atomic mass is 35.5. The van der Waals surface area contributed by atoms with Crippen LogP contribution in [0.2, 0.25) is 5.02 Å². The van der Waals surface area contributed by atoms with E-state index in [0.717, 1.165) is 17.2 Å². The van der Waals surface area contributed by atoms with Crippen LogP contribution in [0, 0.1) is 13.8 Å². The van der Waals surface area contributed by atoms with Crippen LogP contribution >= 0.6 is 22.9 Å². The van der Waals surface area contributed by atoms with Crippen LogP contribution in [0.15, 0.2) is 41.8 Å². The van der Waals surface area contributed by atoms with Gasteiger partial charge >= 0.3 is 6.18 Å². The first-order valence-corrected chi connectivity index (χ1v) is 10.1. The normalized spacial score (nSPS) is 11.4. The summed E-state index contributed by atoms with van der Waals surface area (Å²) in [6, 6.07) is 8.65. The summed E-state index contributed by atoms with van der Waals surface area (Å²) in [5.74, 6) is -0.562. The number of ether oxygens (including phenoxy) is 1. The molecule has 0 atom stereocenters. The molecule has 1 amide bonds. The third-order valence-corrected chi connectivity index (χ3v) is 5.40. The monoisotopic (exact) mass is 454 g/mol. The average Bonchev–Trinajstić information content (AvgIpc) is 3.10. The van der Waals surface area contributed by atoms with Crippen LogP contribution in [0.3, 0.4) is 0 Å². The molecular weight excluding hydrogens is 437 g/mol. The van der Waals surface area contributed by atoms with Crippen molar-refractivity contribution < 1.29 is 22.7 Å². The van der Waals surface area contributed by atoms with Gasteiger partial charge in [0.05, 0.1) is 22.0 Å². The van der Waals surface area contributed by atoms with Gasteiger partial charge in [-0.25, -0.2) is 4.98 Å². The second-order valence-electron chi connectivity index (χ2n) is 6.67. The van der Waals surface area contributed by atoms with E-state index in [1.807, 2.05) is 19.9 Å². The molecule has 0 bridgehead atoms. The van der Waals surface area contributed by atoms with Crippen molar-refractivity contribution in [1.82, 2.24) is 4.98 Å². The minimum atomic E-state index is -4.52. The maximum absolute atomic E-state index is 13.1. The number of para-hydroxylation sites is 1. The van der Waals surface area contributed by atoms with Gasteiger partial charge in [-0.2, -0.15) is 13.2 Å². The summed E-state index contributed by atoms with van der Waals surface area (Å²) in [7, 11) is 0. The van der Waals surface area contributed by atoms with Crippen molar-refractivity contribution in [2.24, 2.45) is 0 Å². The molecule has 0 fully saturated rings. The summed E-state index contributed by atoms with van der Waals surface area (Å²) in [6.07, 6.45) is -4.52. The smallest absolute Gasteiger partial charge is 0.419 e. The van der Waals surface area contributed by atoms with Gasteiger partial charge in [-0.1, -0.05) is 29.8 Å². The van der Waals surface area contributed by atoms with E-state index in [2.05, 4.69) is 4.98 Å². The number of nitrogens with zero attached hydrogens (tertiary/aromatic N) is 2. The number of rotatable bonds is 5. The fraction of sp³-hybridized carbons (Fsp3) is 0.238. The van der Waals surface area contributed by atoms with E-state index in [4.69, 9.17) is 16.3 Å². The Morgan fingerprint density at radius 3 is 2.57 bits per heavy atom. The van der Waals surface area contributed by atoms with Crippen LogP contribution < -0.4 is 9.64 Å². The number of alkyl halides is 3. The Balaban J connectivity index is 1.86. The maximum atomic E-state index is 13.1. The van der Waals surface area contributed by atoms with Gasteiger partial charge in [0.2, 0.25) is 5.91 Å². The van der Waals surface area contributed by atoms with Gasteiger partial charge in [0.15, 0.2) is 5.13 Å². The summed E-state index contributed by atoms with van der Waals surface area (Å²) in [5.41, 5.74) is 1.84. The summed E-state index contributed by atoms with van der Waals surface area (Å²) >= 11 is 7.56. The number of amides is 1. The van der Waals surface area contributed by atoms with Crippen LogP contribution in [-0.2, 0) is 17.6 Å². The zero-order valence-electron chi connectivity index (χ0n) is 16.4. The van der Waals surface area contributed by atoms with Crippen LogP contribution in [0.5, 0.6) is 5.75 Å². The first-order chi connectivity index (χ1) is 14.1. The van der Waals surface area contributed by atoms with Crippen molar-refractivity contribution in [2.75, 3.05) is 4.90 Å². The number of hydrogen-bond acceptors (Lipinski definition) is 4. The molecule has 3 aromatic rings. The quantitative estimate of drug-likeness (QED) is 0.431. The van der Waals surface area contributed by atoms with Crippen molar-refractivity contribution in [1.29, 1.82) is 0 Å². The van der Waals surface area contributed by atoms with Gasteiger partial charge in [-0.3, -0.25) is 9.69 Å². The Morgan fingerprint density at radius 2 is 1.93 bits per heavy atom. The number of aromatic nitrogens is 1. The fourth-order valence-corrected chi connectivity index (χ4v) is 4.29. The predicted octanol–water partition coefficient (Wildman–Crippen LogP) is 6.70. The average molecular weight is 455 g/mol. The number of carbonyl (C=O) groups excluding carboxylic acids is 1. The minimum absolute atomic E-state index is 0.171. The lowest BCUT2D eigenvalue weighted by molar-refractivity contribution is -0.139. The van der Waals surface area contributed by atoms with Crippen molar-refractivity contribution in [3.05, 3.63) is 69.2 Å². The van der Waals surface area contributed by atoms with E-state index in [9.17, 15) is 18.0 Å². The number of thiazole rings is 1. The summed E-state index contributed by atoms with van der Waals surface area (Å²) in [5, 5.41) is 2.41. The highest BCUT2D eigenvalue weighted by Crippen LogP contribution is 2.38. The van der Waals surface area contributed by atoms with Crippen LogP contribution in [0.25, 0.3) is 0 Å². The number of carbonyl (C=O) groups is 1. The zero-order valence-corrected chi connectivity index (χ0v) is 18.0. The number of aryl methyl sites for hydroxylation is 2. The second-order valence-corrected chi connectivity index (χ2v) is 7.91. The molecule has 0 aliphatic heterocycles. The van der Waals surface area contributed by atoms with Crippen LogP contribution in [-0.4, -0.2) is 10.9 Å². The number of anilines is 2. The molecule has 0 spiro atoms. The maximum Gasteiger partial charge on any atom is 0.419 e. The summed E-state index contributed by atoms with van der Waals surface area (Å²) in [4.78, 5) is 18.1. The largest absolute Gasteiger partial charge is 0.487 e. The van der Waals surface area contributed by atoms with Crippen molar-refractivity contribution in [3.8, 4) is 5.75 Å². The number of hydrogen-bond donors (Lipinski definition) is 0. The molecule has 9 heteroatoms. The van der Waals surface area contributed by atoms with Gasteiger partial charge in [0, 0.05) is 12.3 Å². The lowest BCUT2D eigenvalue weighted by atomic mass is 10.1. The first-order valence-electron chi connectivity index (χ1n) is 8.88. The van der Waals surface area contributed by atoms with E-state index in [0.29, 0.717) is 21.5 Å². The van der Waals surface area contributed by atoms with Crippen molar-refractivity contribution in [2.45, 2.75) is 33.6 Å². The molecule has 2 aromatic carbocycles. The molecule has 0 saturated carbocycles. The number of halogens is 4. The molecule has 158 valence electrons. The van der Waals surface area contributed by atoms with Gasteiger partial charge < -0.3 is 4.74 Å². The third-order valence-electron chi connectivity index (χ3n) is 4.24. The highest BCUT2D eigenvalue weighted by Gasteiger charge is 2.34. The lowest BCUT2D eigenvalue weighted by Crippen LogP contribution is -2.24. The van der Waals surface area contributed by atoms with Gasteiger partial charge in [0.25, 0.3) is 0 Å². The molecule has 0 aliphatic rings. The SMILES string of the molecule is CC(=O)N(c1nc(COc2ccccc2C(F)(F)F)cs1)c1c(C)cc(C)cc1Cl. The van der Waals surface area contributed by atoms with E-state index < -0.39 is 11.7 Å². The second kappa shape index (κ2) is 8.65. The molecule has 1 heterocycles. The van der Waals surface area contributed by atoms with Crippen LogP contribution in [0.1, 0.15) is 29.3 Å². The lowest BCUT2D eigenvalue weighted by Gasteiger charge is -2.22. The zero-order chi connectivity index (χ0) is 22.1. The Morgan fingerprint density at radius 1 is 1.23 bits per heavy atom. The Hall–Kier alpha value is -2.58. The number of benzene rings is 2. The van der Waals surface area contributed by atoms with Gasteiger partial charge in [-0.15, -0.1) is 11.3 Å². The van der Waals surface area contributed by atoms with Crippen molar-refractivity contribution >= 4 is 39.7 Å². The molecule has 0 aliphatic carbocycles. The van der Waals surface area contributed by atoms with E-state index >= 15 is 0 Å². The van der Waals surface area contributed by atoms with E-state index in [-0.39, 0.29) is 18.3 Å². The van der Waals surface area contributed by atoms with Crippen molar-refractivity contribution in [3.63, 3.8) is 0 Å². The standard InChI is InChI=1S/C21H18ClF3N2O2S/c1-12-8-13(2)19(17(22)9-12)27(14(3)28)20-26-15(11-30-20)10-29-18-7-5-4-6-16(18)21(23,24)25/h4-9,11H,10H2,1-3H3. The molecular formula is C21H18ClF3N2O2S. The van der Waals surface area contributed by atoms with E-state index in [1.54, 1.807) is 11.4 Å². The Bertz CT molecular complexity index is 1060. The summed E-state index contributed by atoms with van der Waals surface area (Å²) in [6.45, 7) is 4.97. The van der Waals surface area contributed by atoms with Gasteiger partial charge in [0.1, 0.15) is 12.4 Å². The molecule has 30 heavy (non-hydrogen) atoms. The molecule has 0 unspecified atom stereocenters.